The lowest BCUT2D eigenvalue weighted by Gasteiger charge is -2.14. The van der Waals surface area contributed by atoms with Gasteiger partial charge in [0, 0.05) is 13.7 Å². The molecule has 0 unspecified atom stereocenters. The van der Waals surface area contributed by atoms with E-state index in [2.05, 4.69) is 10.6 Å². The first kappa shape index (κ1) is 17.3. The summed E-state index contributed by atoms with van der Waals surface area (Å²) in [6.45, 7) is 2.59. The Hall–Kier alpha value is -1.67. The van der Waals surface area contributed by atoms with Crippen LogP contribution in [0.5, 0.6) is 0 Å². The summed E-state index contributed by atoms with van der Waals surface area (Å²) in [7, 11) is 3.09. The van der Waals surface area contributed by atoms with E-state index >= 15 is 0 Å². The SMILES string of the molecule is CCOC(=O)CN(C)CC(=O)NC(=O)NCCOC. The predicted molar refractivity (Wildman–Crippen MR) is 67.5 cm³/mol. The van der Waals surface area contributed by atoms with E-state index in [-0.39, 0.29) is 13.1 Å². The number of imide groups is 1. The van der Waals surface area contributed by atoms with Gasteiger partial charge in [0.2, 0.25) is 5.91 Å². The Morgan fingerprint density at radius 3 is 2.47 bits per heavy atom. The van der Waals surface area contributed by atoms with E-state index < -0.39 is 17.9 Å². The van der Waals surface area contributed by atoms with Crippen molar-refractivity contribution in [3.63, 3.8) is 0 Å². The largest absolute Gasteiger partial charge is 0.465 e. The first-order valence-corrected chi connectivity index (χ1v) is 5.90. The molecule has 0 atom stereocenters. The summed E-state index contributed by atoms with van der Waals surface area (Å²) in [4.78, 5) is 35.3. The summed E-state index contributed by atoms with van der Waals surface area (Å²) in [5.41, 5.74) is 0. The van der Waals surface area contributed by atoms with Crippen molar-refractivity contribution in [2.75, 3.05) is 47.0 Å². The molecule has 19 heavy (non-hydrogen) atoms. The van der Waals surface area contributed by atoms with Gasteiger partial charge in [-0.15, -0.1) is 0 Å². The van der Waals surface area contributed by atoms with Crippen LogP contribution in [0.4, 0.5) is 4.79 Å². The highest BCUT2D eigenvalue weighted by atomic mass is 16.5. The van der Waals surface area contributed by atoms with Crippen molar-refractivity contribution in [2.45, 2.75) is 6.92 Å². The number of rotatable bonds is 8. The van der Waals surface area contributed by atoms with E-state index in [0.29, 0.717) is 19.8 Å². The summed E-state index contributed by atoms with van der Waals surface area (Å²) in [6, 6.07) is -0.591. The molecule has 0 aliphatic heterocycles. The number of amides is 3. The van der Waals surface area contributed by atoms with E-state index in [0.717, 1.165) is 0 Å². The smallest absolute Gasteiger partial charge is 0.321 e. The predicted octanol–water partition coefficient (Wildman–Crippen LogP) is -1.05. The van der Waals surface area contributed by atoms with Crippen LogP contribution < -0.4 is 10.6 Å². The lowest BCUT2D eigenvalue weighted by molar-refractivity contribution is -0.144. The van der Waals surface area contributed by atoms with Crippen LogP contribution in [-0.2, 0) is 19.1 Å². The van der Waals surface area contributed by atoms with Crippen LogP contribution in [0.3, 0.4) is 0 Å². The van der Waals surface area contributed by atoms with E-state index in [9.17, 15) is 14.4 Å². The monoisotopic (exact) mass is 275 g/mol. The normalized spacial score (nSPS) is 10.1. The summed E-state index contributed by atoms with van der Waals surface area (Å²) >= 11 is 0. The molecule has 8 heteroatoms. The second-order valence-corrected chi connectivity index (χ2v) is 3.77. The van der Waals surface area contributed by atoms with Crippen molar-refractivity contribution in [3.05, 3.63) is 0 Å². The van der Waals surface area contributed by atoms with Crippen molar-refractivity contribution in [3.8, 4) is 0 Å². The Kier molecular flexibility index (Phi) is 9.37. The molecular formula is C11H21N3O5. The zero-order chi connectivity index (χ0) is 14.7. The molecule has 2 N–H and O–H groups in total. The van der Waals surface area contributed by atoms with Crippen LogP contribution in [-0.4, -0.2) is 69.8 Å². The van der Waals surface area contributed by atoms with E-state index in [1.807, 2.05) is 0 Å². The molecule has 0 aliphatic carbocycles. The van der Waals surface area contributed by atoms with Crippen molar-refractivity contribution in [1.82, 2.24) is 15.5 Å². The van der Waals surface area contributed by atoms with Gasteiger partial charge in [-0.25, -0.2) is 4.79 Å². The number of esters is 1. The van der Waals surface area contributed by atoms with Crippen molar-refractivity contribution >= 4 is 17.9 Å². The minimum atomic E-state index is -0.591. The average Bonchev–Trinajstić information content (AvgIpc) is 2.28. The van der Waals surface area contributed by atoms with Gasteiger partial charge in [-0.1, -0.05) is 0 Å². The van der Waals surface area contributed by atoms with Gasteiger partial charge in [-0.05, 0) is 14.0 Å². The van der Waals surface area contributed by atoms with E-state index in [1.54, 1.807) is 14.0 Å². The van der Waals surface area contributed by atoms with Crippen molar-refractivity contribution in [2.24, 2.45) is 0 Å². The van der Waals surface area contributed by atoms with Gasteiger partial charge in [0.25, 0.3) is 0 Å². The molecule has 8 nitrogen and oxygen atoms in total. The Bertz CT molecular complexity index is 309. The number of carbonyl (C=O) groups is 3. The summed E-state index contributed by atoms with van der Waals surface area (Å²) in [5.74, 6) is -0.913. The maximum absolute atomic E-state index is 11.4. The van der Waals surface area contributed by atoms with Crippen molar-refractivity contribution < 1.29 is 23.9 Å². The molecule has 0 spiro atoms. The van der Waals surface area contributed by atoms with Crippen LogP contribution in [0, 0.1) is 0 Å². The molecule has 0 bridgehead atoms. The molecular weight excluding hydrogens is 254 g/mol. The van der Waals surface area contributed by atoms with Gasteiger partial charge in [-0.3, -0.25) is 19.8 Å². The lowest BCUT2D eigenvalue weighted by atomic mass is 10.5. The molecule has 0 saturated heterocycles. The number of methoxy groups -OCH3 is 1. The third kappa shape index (κ3) is 9.98. The summed E-state index contributed by atoms with van der Waals surface area (Å²) in [6.07, 6.45) is 0. The average molecular weight is 275 g/mol. The van der Waals surface area contributed by atoms with Gasteiger partial charge >= 0.3 is 12.0 Å². The fourth-order valence-corrected chi connectivity index (χ4v) is 1.21. The Balaban J connectivity index is 3.83. The summed E-state index contributed by atoms with van der Waals surface area (Å²) in [5, 5.41) is 4.58. The highest BCUT2D eigenvalue weighted by molar-refractivity contribution is 5.95. The molecule has 110 valence electrons. The minimum Gasteiger partial charge on any atom is -0.465 e. The van der Waals surface area contributed by atoms with Crippen LogP contribution in [0.1, 0.15) is 6.92 Å². The standard InChI is InChI=1S/C11H21N3O5/c1-4-19-10(16)8-14(2)7-9(15)13-11(17)12-5-6-18-3/h4-8H2,1-3H3,(H2,12,13,15,17). The third-order valence-corrected chi connectivity index (χ3v) is 1.96. The first-order valence-electron chi connectivity index (χ1n) is 5.90. The molecule has 0 fully saturated rings. The summed E-state index contributed by atoms with van der Waals surface area (Å²) < 4.78 is 9.48. The number of ether oxygens (including phenoxy) is 2. The highest BCUT2D eigenvalue weighted by Gasteiger charge is 2.13. The Morgan fingerprint density at radius 1 is 1.21 bits per heavy atom. The maximum Gasteiger partial charge on any atom is 0.321 e. The maximum atomic E-state index is 11.4. The third-order valence-electron chi connectivity index (χ3n) is 1.96. The second kappa shape index (κ2) is 10.3. The number of carbonyl (C=O) groups excluding carboxylic acids is 3. The Morgan fingerprint density at radius 2 is 1.89 bits per heavy atom. The molecule has 0 saturated carbocycles. The molecule has 3 amide bonds. The van der Waals surface area contributed by atoms with Crippen molar-refractivity contribution in [1.29, 1.82) is 0 Å². The van der Waals surface area contributed by atoms with Gasteiger partial charge in [0.1, 0.15) is 0 Å². The number of nitrogens with one attached hydrogen (secondary N) is 2. The van der Waals surface area contributed by atoms with Gasteiger partial charge in [0.05, 0.1) is 26.3 Å². The first-order chi connectivity index (χ1) is 8.99. The van der Waals surface area contributed by atoms with Crippen LogP contribution in [0.25, 0.3) is 0 Å². The Labute approximate surface area is 112 Å². The van der Waals surface area contributed by atoms with Crippen LogP contribution in [0.15, 0.2) is 0 Å². The fraction of sp³-hybridized carbons (Fsp3) is 0.727. The lowest BCUT2D eigenvalue weighted by Crippen LogP contribution is -2.45. The molecule has 0 radical (unpaired) electrons. The number of nitrogens with zero attached hydrogens (tertiary/aromatic N) is 1. The molecule has 0 aromatic carbocycles. The van der Waals surface area contributed by atoms with E-state index in [1.165, 1.54) is 12.0 Å². The van der Waals surface area contributed by atoms with Gasteiger partial charge in [0.15, 0.2) is 0 Å². The van der Waals surface area contributed by atoms with Gasteiger partial charge < -0.3 is 14.8 Å². The number of hydrogen-bond acceptors (Lipinski definition) is 6. The minimum absolute atomic E-state index is 0.00739. The number of urea groups is 1. The topological polar surface area (TPSA) is 97.0 Å². The molecule has 0 rings (SSSR count). The molecule has 0 heterocycles. The number of hydrogen-bond donors (Lipinski definition) is 2. The fourth-order valence-electron chi connectivity index (χ4n) is 1.21. The van der Waals surface area contributed by atoms with Gasteiger partial charge in [-0.2, -0.15) is 0 Å². The van der Waals surface area contributed by atoms with E-state index in [4.69, 9.17) is 9.47 Å². The molecule has 0 aromatic heterocycles. The molecule has 0 aliphatic rings. The zero-order valence-corrected chi connectivity index (χ0v) is 11.5. The number of likely N-dealkylation sites (N-methyl/N-ethyl adjacent to an activating group) is 1. The quantitative estimate of drug-likeness (QED) is 0.433. The zero-order valence-electron chi connectivity index (χ0n) is 11.5. The van der Waals surface area contributed by atoms with Crippen LogP contribution >= 0.6 is 0 Å². The highest BCUT2D eigenvalue weighted by Crippen LogP contribution is 1.86. The molecule has 0 aromatic rings. The van der Waals surface area contributed by atoms with Crippen LogP contribution in [0.2, 0.25) is 0 Å². The second-order valence-electron chi connectivity index (χ2n) is 3.77.